The van der Waals surface area contributed by atoms with E-state index in [0.29, 0.717) is 29.9 Å². The topological polar surface area (TPSA) is 51.0 Å². The number of aliphatic imine (C=N–C) groups is 1. The number of nitrogens with zero attached hydrogens (tertiary/aromatic N) is 4. The van der Waals surface area contributed by atoms with E-state index in [1.54, 1.807) is 0 Å². The van der Waals surface area contributed by atoms with Crippen LogP contribution in [0.4, 0.5) is 0 Å². The van der Waals surface area contributed by atoms with Crippen LogP contribution in [0.15, 0.2) is 205 Å². The first-order valence-corrected chi connectivity index (χ1v) is 19.2. The molecule has 0 bridgehead atoms. The summed E-state index contributed by atoms with van der Waals surface area (Å²) in [5.74, 6) is 2.66. The van der Waals surface area contributed by atoms with Crippen molar-refractivity contribution in [2.24, 2.45) is 10.9 Å². The number of allylic oxidation sites excluding steroid dienone is 10. The Balaban J connectivity index is 1.09. The maximum Gasteiger partial charge on any atom is 0.164 e. The highest BCUT2D eigenvalue weighted by atomic mass is 15.0. The van der Waals surface area contributed by atoms with Gasteiger partial charge in [0.15, 0.2) is 17.5 Å². The monoisotopic (exact) mass is 720 g/mol. The van der Waals surface area contributed by atoms with Crippen molar-refractivity contribution in [2.45, 2.75) is 11.8 Å². The zero-order valence-corrected chi connectivity index (χ0v) is 30.9. The molecule has 1 aliphatic heterocycles. The molecule has 4 nitrogen and oxygen atoms in total. The third-order valence-electron chi connectivity index (χ3n) is 10.6. The van der Waals surface area contributed by atoms with Crippen LogP contribution in [0.2, 0.25) is 0 Å². The van der Waals surface area contributed by atoms with E-state index in [4.69, 9.17) is 15.0 Å². The fourth-order valence-electron chi connectivity index (χ4n) is 7.61. The highest BCUT2D eigenvalue weighted by molar-refractivity contribution is 6.13. The van der Waals surface area contributed by atoms with Crippen LogP contribution in [-0.2, 0) is 0 Å². The van der Waals surface area contributed by atoms with Crippen molar-refractivity contribution < 1.29 is 0 Å². The van der Waals surface area contributed by atoms with Crippen molar-refractivity contribution >= 4 is 33.8 Å². The molecule has 0 saturated carbocycles. The minimum atomic E-state index is 0.160. The summed E-state index contributed by atoms with van der Waals surface area (Å²) in [7, 11) is 0. The summed E-state index contributed by atoms with van der Waals surface area (Å²) in [5.41, 5.74) is 6.48. The van der Waals surface area contributed by atoms with Gasteiger partial charge in [-0.2, -0.15) is 0 Å². The molecule has 6 aromatic carbocycles. The summed E-state index contributed by atoms with van der Waals surface area (Å²) >= 11 is 0. The summed E-state index contributed by atoms with van der Waals surface area (Å²) in [6.07, 6.45) is 27.5. The number of benzene rings is 6. The van der Waals surface area contributed by atoms with E-state index in [-0.39, 0.29) is 11.8 Å². The van der Waals surface area contributed by atoms with Crippen molar-refractivity contribution in [3.63, 3.8) is 0 Å². The first kappa shape index (κ1) is 34.7. The summed E-state index contributed by atoms with van der Waals surface area (Å²) in [5, 5.41) is 4.64. The van der Waals surface area contributed by atoms with Gasteiger partial charge in [0.05, 0.1) is 0 Å². The van der Waals surface area contributed by atoms with E-state index in [1.165, 1.54) is 21.9 Å². The SMILES string of the molecule is C1=CC(/C=C/c2ccc(-c3nc(-c4ccc(C5/C=C/C=C\C=C/C=N/C5)cc4)nc(-c4cc5ccccc5c5ccccc45)n3)cc2)C(c2ccccc2)C=C1. The third kappa shape index (κ3) is 7.51. The van der Waals surface area contributed by atoms with E-state index in [2.05, 4.69) is 193 Å². The molecule has 1 aromatic heterocycles. The molecule has 3 atom stereocenters. The van der Waals surface area contributed by atoms with Gasteiger partial charge >= 0.3 is 0 Å². The van der Waals surface area contributed by atoms with Gasteiger partial charge in [0.25, 0.3) is 0 Å². The number of hydrogen-bond donors (Lipinski definition) is 0. The second-order valence-electron chi connectivity index (χ2n) is 14.2. The highest BCUT2D eigenvalue weighted by Gasteiger charge is 2.19. The van der Waals surface area contributed by atoms with E-state index < -0.39 is 0 Å². The van der Waals surface area contributed by atoms with Crippen LogP contribution in [0.25, 0.3) is 61.8 Å². The van der Waals surface area contributed by atoms with Gasteiger partial charge < -0.3 is 0 Å². The lowest BCUT2D eigenvalue weighted by Crippen LogP contribution is -2.08. The van der Waals surface area contributed by atoms with Crippen LogP contribution in [-0.4, -0.2) is 27.7 Å². The first-order chi connectivity index (χ1) is 27.8. The largest absolute Gasteiger partial charge is 0.292 e. The van der Waals surface area contributed by atoms with Gasteiger partial charge in [-0.05, 0) is 50.4 Å². The Labute approximate surface area is 328 Å². The highest BCUT2D eigenvalue weighted by Crippen LogP contribution is 2.36. The molecule has 0 N–H and O–H groups in total. The minimum Gasteiger partial charge on any atom is -0.292 e. The predicted octanol–water partition coefficient (Wildman–Crippen LogP) is 12.6. The summed E-state index contributed by atoms with van der Waals surface area (Å²) < 4.78 is 0. The quantitative estimate of drug-likeness (QED) is 0.154. The molecule has 4 heteroatoms. The second-order valence-corrected chi connectivity index (χ2v) is 14.2. The molecule has 0 fully saturated rings. The maximum absolute atomic E-state index is 5.18. The molecule has 268 valence electrons. The van der Waals surface area contributed by atoms with Crippen molar-refractivity contribution in [1.29, 1.82) is 0 Å². The minimum absolute atomic E-state index is 0.160. The molecular formula is C52H40N4. The molecule has 1 aliphatic carbocycles. The van der Waals surface area contributed by atoms with Crippen LogP contribution >= 0.6 is 0 Å². The zero-order chi connectivity index (χ0) is 37.5. The molecule has 7 aromatic rings. The zero-order valence-electron chi connectivity index (χ0n) is 30.9. The van der Waals surface area contributed by atoms with E-state index in [9.17, 15) is 0 Å². The van der Waals surface area contributed by atoms with Crippen LogP contribution in [0.3, 0.4) is 0 Å². The van der Waals surface area contributed by atoms with Crippen molar-refractivity contribution in [2.75, 3.05) is 6.54 Å². The normalized spacial score (nSPS) is 20.2. The van der Waals surface area contributed by atoms with Gasteiger partial charge in [0, 0.05) is 47.2 Å². The molecule has 0 saturated heterocycles. The summed E-state index contributed by atoms with van der Waals surface area (Å²) in [6.45, 7) is 0.677. The van der Waals surface area contributed by atoms with Gasteiger partial charge in [0.1, 0.15) is 0 Å². The van der Waals surface area contributed by atoms with Gasteiger partial charge in [-0.15, -0.1) is 0 Å². The van der Waals surface area contributed by atoms with Crippen LogP contribution in [0.5, 0.6) is 0 Å². The average molecular weight is 721 g/mol. The van der Waals surface area contributed by atoms with Crippen molar-refractivity contribution in [3.05, 3.63) is 217 Å². The maximum atomic E-state index is 5.18. The second kappa shape index (κ2) is 16.1. The lowest BCUT2D eigenvalue weighted by Gasteiger charge is -2.21. The smallest absolute Gasteiger partial charge is 0.164 e. The number of aromatic nitrogens is 3. The van der Waals surface area contributed by atoms with Gasteiger partial charge in [-0.3, -0.25) is 4.99 Å². The Morgan fingerprint density at radius 1 is 0.482 bits per heavy atom. The molecule has 0 amide bonds. The molecule has 0 spiro atoms. The van der Waals surface area contributed by atoms with Gasteiger partial charge in [0.2, 0.25) is 0 Å². The van der Waals surface area contributed by atoms with Crippen LogP contribution < -0.4 is 0 Å². The lowest BCUT2D eigenvalue weighted by molar-refractivity contribution is 0.702. The third-order valence-corrected chi connectivity index (χ3v) is 10.6. The average Bonchev–Trinajstić information content (AvgIpc) is 3.27. The summed E-state index contributed by atoms with van der Waals surface area (Å²) in [4.78, 5) is 20.1. The van der Waals surface area contributed by atoms with E-state index in [1.807, 2.05) is 24.4 Å². The Kier molecular flexibility index (Phi) is 10.0. The molecule has 2 aliphatic rings. The van der Waals surface area contributed by atoms with Crippen molar-refractivity contribution in [3.8, 4) is 34.2 Å². The van der Waals surface area contributed by atoms with E-state index >= 15 is 0 Å². The van der Waals surface area contributed by atoms with Gasteiger partial charge in [-0.1, -0.05) is 194 Å². The fourth-order valence-corrected chi connectivity index (χ4v) is 7.61. The Hall–Kier alpha value is -7.04. The Morgan fingerprint density at radius 2 is 1.11 bits per heavy atom. The molecule has 56 heavy (non-hydrogen) atoms. The van der Waals surface area contributed by atoms with Gasteiger partial charge in [-0.25, -0.2) is 15.0 Å². The first-order valence-electron chi connectivity index (χ1n) is 19.2. The lowest BCUT2D eigenvalue weighted by atomic mass is 9.82. The number of rotatable bonds is 7. The van der Waals surface area contributed by atoms with Crippen LogP contribution in [0.1, 0.15) is 28.5 Å². The molecular weight excluding hydrogens is 681 g/mol. The molecule has 9 rings (SSSR count). The molecule has 0 radical (unpaired) electrons. The fraction of sp³-hybridized carbons (Fsp3) is 0.0769. The van der Waals surface area contributed by atoms with Crippen LogP contribution in [0, 0.1) is 5.92 Å². The van der Waals surface area contributed by atoms with E-state index in [0.717, 1.165) is 33.0 Å². The predicted molar refractivity (Wildman–Crippen MR) is 235 cm³/mol. The molecule has 2 heterocycles. The van der Waals surface area contributed by atoms with Crippen molar-refractivity contribution in [1.82, 2.24) is 15.0 Å². The summed E-state index contributed by atoms with van der Waals surface area (Å²) in [6, 6.07) is 47.1. The Bertz CT molecular complexity index is 2710. The standard InChI is InChI=1S/C52H40N4/c1-2-5-19-44(36-53-34-14-3-1)38-30-32-42(33-31-38)51-54-50(55-52(56-51)49-35-43-18-9-11-21-46(43)47-22-12-13-23-48(47)49)41-28-25-37(26-29-41)24-27-40-17-8-10-20-45(40)39-15-6-4-7-16-39/h1-35,40,44-45H,36H2/b2-1-,14-3-,19-5+,27-24+,53-34+. The number of hydrogen-bond acceptors (Lipinski definition) is 4. The number of fused-ring (bicyclic) bond motifs is 3. The molecule has 3 unspecified atom stereocenters. The Morgan fingerprint density at radius 3 is 1.91 bits per heavy atom.